The largest absolute Gasteiger partial charge is 0.357 e. The van der Waals surface area contributed by atoms with Crippen LogP contribution in [0.25, 0.3) is 0 Å². The van der Waals surface area contributed by atoms with Crippen LogP contribution in [0, 0.1) is 0 Å². The molecular weight excluding hydrogens is 386 g/mol. The van der Waals surface area contributed by atoms with E-state index in [-0.39, 0.29) is 5.75 Å². The SMILES string of the molecule is CCNC(=NCc1ccc(CN2CCCC2)cc1)NCCS(=O)(=O)N(CC)CC. The van der Waals surface area contributed by atoms with Gasteiger partial charge in [-0.2, -0.15) is 0 Å². The molecule has 29 heavy (non-hydrogen) atoms. The van der Waals surface area contributed by atoms with Crippen molar-refractivity contribution < 1.29 is 8.42 Å². The Morgan fingerprint density at radius 1 is 1.03 bits per heavy atom. The lowest BCUT2D eigenvalue weighted by molar-refractivity contribution is 0.331. The number of hydrogen-bond donors (Lipinski definition) is 2. The lowest BCUT2D eigenvalue weighted by Crippen LogP contribution is -2.42. The second-order valence-electron chi connectivity index (χ2n) is 7.32. The Kier molecular flexibility index (Phi) is 9.90. The normalized spacial score (nSPS) is 15.8. The number of aliphatic imine (C=N–C) groups is 1. The molecule has 1 aliphatic heterocycles. The first-order chi connectivity index (χ1) is 14.0. The first-order valence-corrected chi connectivity index (χ1v) is 12.4. The molecule has 0 amide bonds. The average molecular weight is 424 g/mol. The van der Waals surface area contributed by atoms with Crippen molar-refractivity contribution in [2.75, 3.05) is 45.0 Å². The van der Waals surface area contributed by atoms with Crippen LogP contribution in [0.5, 0.6) is 0 Å². The van der Waals surface area contributed by atoms with E-state index in [0.717, 1.165) is 18.7 Å². The predicted octanol–water partition coefficient (Wildman–Crippen LogP) is 2.01. The lowest BCUT2D eigenvalue weighted by atomic mass is 10.1. The molecule has 0 aliphatic carbocycles. The van der Waals surface area contributed by atoms with Gasteiger partial charge in [-0.15, -0.1) is 0 Å². The number of guanidine groups is 1. The van der Waals surface area contributed by atoms with Gasteiger partial charge < -0.3 is 10.6 Å². The van der Waals surface area contributed by atoms with Crippen molar-refractivity contribution in [3.63, 3.8) is 0 Å². The van der Waals surface area contributed by atoms with Crippen LogP contribution >= 0.6 is 0 Å². The fourth-order valence-corrected chi connectivity index (χ4v) is 4.91. The minimum Gasteiger partial charge on any atom is -0.357 e. The van der Waals surface area contributed by atoms with E-state index in [1.165, 1.54) is 35.8 Å². The molecule has 0 saturated carbocycles. The first kappa shape index (κ1) is 23.6. The summed E-state index contributed by atoms with van der Waals surface area (Å²) in [7, 11) is -3.23. The highest BCUT2D eigenvalue weighted by atomic mass is 32.2. The molecule has 0 atom stereocenters. The molecule has 2 N–H and O–H groups in total. The fraction of sp³-hybridized carbons (Fsp3) is 0.667. The van der Waals surface area contributed by atoms with Crippen LogP contribution in [-0.2, 0) is 23.1 Å². The standard InChI is InChI=1S/C21H37N5O2S/c1-4-22-21(23-13-16-29(27,28)26(5-2)6-3)24-17-19-9-11-20(12-10-19)18-25-14-7-8-15-25/h9-12H,4-8,13-18H2,1-3H3,(H2,22,23,24). The summed E-state index contributed by atoms with van der Waals surface area (Å²) in [5.41, 5.74) is 2.48. The van der Waals surface area contributed by atoms with Crippen LogP contribution in [0.4, 0.5) is 0 Å². The molecule has 2 rings (SSSR count). The van der Waals surface area contributed by atoms with Gasteiger partial charge >= 0.3 is 0 Å². The molecule has 1 saturated heterocycles. The van der Waals surface area contributed by atoms with E-state index >= 15 is 0 Å². The molecule has 1 aromatic rings. The summed E-state index contributed by atoms with van der Waals surface area (Å²) in [5, 5.41) is 6.32. The van der Waals surface area contributed by atoms with Crippen LogP contribution in [0.15, 0.2) is 29.3 Å². The van der Waals surface area contributed by atoms with E-state index in [1.807, 2.05) is 20.8 Å². The molecule has 164 valence electrons. The van der Waals surface area contributed by atoms with Crippen molar-refractivity contribution in [3.05, 3.63) is 35.4 Å². The number of nitrogens with zero attached hydrogens (tertiary/aromatic N) is 3. The van der Waals surface area contributed by atoms with Gasteiger partial charge in [0, 0.05) is 32.7 Å². The van der Waals surface area contributed by atoms with E-state index < -0.39 is 10.0 Å². The molecule has 0 spiro atoms. The van der Waals surface area contributed by atoms with Gasteiger partial charge in [-0.1, -0.05) is 38.1 Å². The Hall–Kier alpha value is -1.64. The number of hydrogen-bond acceptors (Lipinski definition) is 4. The smallest absolute Gasteiger partial charge is 0.215 e. The van der Waals surface area contributed by atoms with Gasteiger partial charge in [-0.3, -0.25) is 4.90 Å². The molecule has 0 unspecified atom stereocenters. The number of rotatable bonds is 11. The second kappa shape index (κ2) is 12.1. The summed E-state index contributed by atoms with van der Waals surface area (Å²) >= 11 is 0. The number of sulfonamides is 1. The number of likely N-dealkylation sites (tertiary alicyclic amines) is 1. The van der Waals surface area contributed by atoms with Crippen molar-refractivity contribution in [2.45, 2.75) is 46.7 Å². The van der Waals surface area contributed by atoms with Crippen LogP contribution in [-0.4, -0.2) is 68.6 Å². The zero-order valence-electron chi connectivity index (χ0n) is 18.2. The van der Waals surface area contributed by atoms with Gasteiger partial charge in [-0.05, 0) is 44.0 Å². The Balaban J connectivity index is 1.86. The van der Waals surface area contributed by atoms with Crippen molar-refractivity contribution in [1.29, 1.82) is 0 Å². The molecule has 7 nitrogen and oxygen atoms in total. The first-order valence-electron chi connectivity index (χ1n) is 10.8. The topological polar surface area (TPSA) is 77.0 Å². The molecular formula is C21H37N5O2S. The number of nitrogens with one attached hydrogen (secondary N) is 2. The Morgan fingerprint density at radius 3 is 2.24 bits per heavy atom. The Bertz CT molecular complexity index is 724. The molecule has 0 radical (unpaired) electrons. The molecule has 1 aromatic carbocycles. The van der Waals surface area contributed by atoms with Gasteiger partial charge in [0.2, 0.25) is 10.0 Å². The Morgan fingerprint density at radius 2 is 1.66 bits per heavy atom. The Labute approximate surface area is 176 Å². The van der Waals surface area contributed by atoms with Gasteiger partial charge in [-0.25, -0.2) is 17.7 Å². The van der Waals surface area contributed by atoms with Gasteiger partial charge in [0.05, 0.1) is 12.3 Å². The van der Waals surface area contributed by atoms with Crippen molar-refractivity contribution in [2.24, 2.45) is 4.99 Å². The third-order valence-electron chi connectivity index (χ3n) is 5.14. The van der Waals surface area contributed by atoms with Crippen LogP contribution in [0.2, 0.25) is 0 Å². The highest BCUT2D eigenvalue weighted by molar-refractivity contribution is 7.89. The monoisotopic (exact) mass is 423 g/mol. The summed E-state index contributed by atoms with van der Waals surface area (Å²) in [6, 6.07) is 8.62. The van der Waals surface area contributed by atoms with E-state index in [1.54, 1.807) is 0 Å². The fourth-order valence-electron chi connectivity index (χ4n) is 3.51. The maximum Gasteiger partial charge on any atom is 0.215 e. The predicted molar refractivity (Wildman–Crippen MR) is 120 cm³/mol. The molecule has 8 heteroatoms. The van der Waals surface area contributed by atoms with E-state index in [9.17, 15) is 8.42 Å². The van der Waals surface area contributed by atoms with E-state index in [4.69, 9.17) is 0 Å². The quantitative estimate of drug-likeness (QED) is 0.421. The van der Waals surface area contributed by atoms with Crippen molar-refractivity contribution in [1.82, 2.24) is 19.8 Å². The molecule has 1 fully saturated rings. The highest BCUT2D eigenvalue weighted by Gasteiger charge is 2.18. The average Bonchev–Trinajstić information content (AvgIpc) is 3.21. The summed E-state index contributed by atoms with van der Waals surface area (Å²) in [5.74, 6) is 0.702. The van der Waals surface area contributed by atoms with Gasteiger partial charge in [0.25, 0.3) is 0 Å². The molecule has 0 bridgehead atoms. The maximum atomic E-state index is 12.3. The second-order valence-corrected chi connectivity index (χ2v) is 9.41. The van der Waals surface area contributed by atoms with Crippen molar-refractivity contribution >= 4 is 16.0 Å². The highest BCUT2D eigenvalue weighted by Crippen LogP contribution is 2.13. The molecule has 1 heterocycles. The summed E-state index contributed by atoms with van der Waals surface area (Å²) < 4.78 is 26.1. The summed E-state index contributed by atoms with van der Waals surface area (Å²) in [6.07, 6.45) is 2.62. The zero-order valence-corrected chi connectivity index (χ0v) is 19.0. The molecule has 0 aromatic heterocycles. The third-order valence-corrected chi connectivity index (χ3v) is 7.17. The summed E-state index contributed by atoms with van der Waals surface area (Å²) in [4.78, 5) is 7.09. The van der Waals surface area contributed by atoms with Crippen molar-refractivity contribution in [3.8, 4) is 0 Å². The summed E-state index contributed by atoms with van der Waals surface area (Å²) in [6.45, 7) is 11.8. The number of benzene rings is 1. The zero-order chi connectivity index (χ0) is 21.1. The van der Waals surface area contributed by atoms with E-state index in [2.05, 4.69) is 44.8 Å². The lowest BCUT2D eigenvalue weighted by Gasteiger charge is -2.19. The van der Waals surface area contributed by atoms with Crippen LogP contribution in [0.3, 0.4) is 0 Å². The maximum absolute atomic E-state index is 12.3. The minimum atomic E-state index is -3.23. The van der Waals surface area contributed by atoms with Gasteiger partial charge in [0.15, 0.2) is 5.96 Å². The van der Waals surface area contributed by atoms with Gasteiger partial charge in [0.1, 0.15) is 0 Å². The van der Waals surface area contributed by atoms with Crippen LogP contribution < -0.4 is 10.6 Å². The molecule has 1 aliphatic rings. The third kappa shape index (κ3) is 7.95. The van der Waals surface area contributed by atoms with E-state index in [0.29, 0.717) is 32.1 Å². The van der Waals surface area contributed by atoms with Crippen LogP contribution in [0.1, 0.15) is 44.7 Å². The minimum absolute atomic E-state index is 0.0598.